The van der Waals surface area contributed by atoms with Crippen LogP contribution in [0.25, 0.3) is 10.2 Å². The SMILES string of the molecule is Cc1cc(OF)nc2ccsc12. The summed E-state index contributed by atoms with van der Waals surface area (Å²) in [4.78, 5) is 7.49. The van der Waals surface area contributed by atoms with Gasteiger partial charge in [-0.2, -0.15) is 0 Å². The maximum Gasteiger partial charge on any atom is 0.263 e. The third-order valence-electron chi connectivity index (χ3n) is 1.65. The Labute approximate surface area is 72.5 Å². The van der Waals surface area contributed by atoms with Crippen LogP contribution in [0.2, 0.25) is 0 Å². The minimum atomic E-state index is 0.0263. The van der Waals surface area contributed by atoms with E-state index in [0.29, 0.717) is 0 Å². The fourth-order valence-corrected chi connectivity index (χ4v) is 1.94. The second-order valence-electron chi connectivity index (χ2n) is 2.49. The van der Waals surface area contributed by atoms with Gasteiger partial charge >= 0.3 is 0 Å². The van der Waals surface area contributed by atoms with Gasteiger partial charge in [0.1, 0.15) is 0 Å². The fraction of sp³-hybridized carbons (Fsp3) is 0.125. The largest absolute Gasteiger partial charge is 0.274 e. The van der Waals surface area contributed by atoms with E-state index in [-0.39, 0.29) is 5.88 Å². The minimum absolute atomic E-state index is 0.0263. The second kappa shape index (κ2) is 2.71. The molecular weight excluding hydrogens is 177 g/mol. The van der Waals surface area contributed by atoms with Gasteiger partial charge < -0.3 is 0 Å². The van der Waals surface area contributed by atoms with E-state index in [1.165, 1.54) is 0 Å². The number of fused-ring (bicyclic) bond motifs is 1. The molecule has 0 saturated carbocycles. The molecule has 2 heterocycles. The van der Waals surface area contributed by atoms with Gasteiger partial charge in [-0.3, -0.25) is 4.94 Å². The quantitative estimate of drug-likeness (QED) is 0.678. The fourth-order valence-electron chi connectivity index (χ4n) is 1.13. The number of hydrogen-bond acceptors (Lipinski definition) is 3. The molecule has 0 N–H and O–H groups in total. The van der Waals surface area contributed by atoms with Gasteiger partial charge in [0.15, 0.2) is 0 Å². The highest BCUT2D eigenvalue weighted by Gasteiger charge is 2.04. The van der Waals surface area contributed by atoms with Crippen molar-refractivity contribution in [3.05, 3.63) is 23.1 Å². The molecular formula is C8H6FNOS. The number of hydrogen-bond donors (Lipinski definition) is 0. The van der Waals surface area contributed by atoms with Gasteiger partial charge in [-0.15, -0.1) is 11.3 Å². The summed E-state index contributed by atoms with van der Waals surface area (Å²) in [5.74, 6) is 0.0263. The number of halogens is 1. The Morgan fingerprint density at radius 3 is 3.17 bits per heavy atom. The van der Waals surface area contributed by atoms with E-state index in [1.54, 1.807) is 17.4 Å². The molecule has 0 aliphatic heterocycles. The summed E-state index contributed by atoms with van der Waals surface area (Å²) in [6.07, 6.45) is 0. The smallest absolute Gasteiger partial charge is 0.263 e. The van der Waals surface area contributed by atoms with Gasteiger partial charge in [0, 0.05) is 10.6 Å². The van der Waals surface area contributed by atoms with Crippen LogP contribution >= 0.6 is 11.3 Å². The third kappa shape index (κ3) is 1.04. The van der Waals surface area contributed by atoms with Crippen molar-refractivity contribution in [1.82, 2.24) is 4.98 Å². The number of nitrogens with zero attached hydrogens (tertiary/aromatic N) is 1. The molecule has 0 aliphatic carbocycles. The average molecular weight is 183 g/mol. The van der Waals surface area contributed by atoms with Crippen molar-refractivity contribution in [3.8, 4) is 5.88 Å². The Balaban J connectivity index is 2.75. The Hall–Kier alpha value is -1.16. The molecule has 62 valence electrons. The van der Waals surface area contributed by atoms with Crippen LogP contribution in [-0.2, 0) is 0 Å². The molecule has 0 amide bonds. The third-order valence-corrected chi connectivity index (χ3v) is 2.69. The second-order valence-corrected chi connectivity index (χ2v) is 3.41. The zero-order chi connectivity index (χ0) is 8.55. The van der Waals surface area contributed by atoms with E-state index in [2.05, 4.69) is 9.93 Å². The predicted octanol–water partition coefficient (Wildman–Crippen LogP) is 2.87. The maximum atomic E-state index is 11.8. The van der Waals surface area contributed by atoms with E-state index in [1.807, 2.05) is 18.4 Å². The maximum absolute atomic E-state index is 11.8. The molecule has 0 radical (unpaired) electrons. The lowest BCUT2D eigenvalue weighted by molar-refractivity contribution is -0.0115. The molecule has 0 fully saturated rings. The van der Waals surface area contributed by atoms with E-state index in [4.69, 9.17) is 0 Å². The first kappa shape index (κ1) is 7.49. The lowest BCUT2D eigenvalue weighted by Gasteiger charge is -1.96. The van der Waals surface area contributed by atoms with E-state index in [9.17, 15) is 4.53 Å². The summed E-state index contributed by atoms with van der Waals surface area (Å²) < 4.78 is 12.9. The first-order valence-electron chi connectivity index (χ1n) is 3.44. The number of thiophene rings is 1. The highest BCUT2D eigenvalue weighted by atomic mass is 32.1. The van der Waals surface area contributed by atoms with Crippen molar-refractivity contribution in [1.29, 1.82) is 0 Å². The Bertz CT molecular complexity index is 412. The number of rotatable bonds is 1. The van der Waals surface area contributed by atoms with E-state index >= 15 is 0 Å². The Morgan fingerprint density at radius 1 is 1.58 bits per heavy atom. The molecule has 4 heteroatoms. The van der Waals surface area contributed by atoms with Crippen LogP contribution in [0.4, 0.5) is 4.53 Å². The first-order chi connectivity index (χ1) is 5.81. The Kier molecular flexibility index (Phi) is 1.69. The molecule has 2 rings (SSSR count). The molecule has 0 atom stereocenters. The minimum Gasteiger partial charge on any atom is -0.274 e. The number of aromatic nitrogens is 1. The summed E-state index contributed by atoms with van der Waals surface area (Å²) in [5, 5.41) is 1.92. The molecule has 0 aromatic carbocycles. The lowest BCUT2D eigenvalue weighted by atomic mass is 10.3. The standard InChI is InChI=1S/C8H6FNOS/c1-5-4-7(11-9)10-6-2-3-12-8(5)6/h2-4H,1H3. The molecule has 0 aliphatic rings. The molecule has 2 aromatic heterocycles. The summed E-state index contributed by atoms with van der Waals surface area (Å²) in [7, 11) is 0. The van der Waals surface area contributed by atoms with Crippen molar-refractivity contribution in [2.24, 2.45) is 0 Å². The van der Waals surface area contributed by atoms with Crippen LogP contribution < -0.4 is 4.94 Å². The number of pyridine rings is 1. The van der Waals surface area contributed by atoms with Crippen molar-refractivity contribution in [2.45, 2.75) is 6.92 Å². The summed E-state index contributed by atoms with van der Waals surface area (Å²) in [6.45, 7) is 1.91. The lowest BCUT2D eigenvalue weighted by Crippen LogP contribution is -1.84. The molecule has 0 spiro atoms. The molecule has 0 unspecified atom stereocenters. The number of aryl methyl sites for hydroxylation is 1. The van der Waals surface area contributed by atoms with Crippen molar-refractivity contribution >= 4 is 21.6 Å². The molecule has 2 aromatic rings. The monoisotopic (exact) mass is 183 g/mol. The topological polar surface area (TPSA) is 22.1 Å². The van der Waals surface area contributed by atoms with Gasteiger partial charge in [0.05, 0.1) is 10.2 Å². The van der Waals surface area contributed by atoms with Gasteiger partial charge in [0.2, 0.25) is 0 Å². The van der Waals surface area contributed by atoms with Crippen molar-refractivity contribution < 1.29 is 9.47 Å². The van der Waals surface area contributed by atoms with Gasteiger partial charge in [0.25, 0.3) is 5.88 Å². The van der Waals surface area contributed by atoms with E-state index in [0.717, 1.165) is 15.8 Å². The van der Waals surface area contributed by atoms with Crippen LogP contribution in [0.3, 0.4) is 0 Å². The molecule has 2 nitrogen and oxygen atoms in total. The van der Waals surface area contributed by atoms with Gasteiger partial charge in [-0.25, -0.2) is 4.98 Å². The van der Waals surface area contributed by atoms with Gasteiger partial charge in [-0.05, 0) is 23.9 Å². The highest BCUT2D eigenvalue weighted by molar-refractivity contribution is 7.17. The van der Waals surface area contributed by atoms with Crippen molar-refractivity contribution in [3.63, 3.8) is 0 Å². The molecule has 0 saturated heterocycles. The Morgan fingerprint density at radius 2 is 2.42 bits per heavy atom. The van der Waals surface area contributed by atoms with Crippen LogP contribution in [-0.4, -0.2) is 4.98 Å². The summed E-state index contributed by atoms with van der Waals surface area (Å²) in [5.41, 5.74) is 1.77. The average Bonchev–Trinajstić information content (AvgIpc) is 2.52. The van der Waals surface area contributed by atoms with Crippen LogP contribution in [0.1, 0.15) is 5.56 Å². The molecule has 0 bridgehead atoms. The predicted molar refractivity (Wildman–Crippen MR) is 46.1 cm³/mol. The van der Waals surface area contributed by atoms with Crippen molar-refractivity contribution in [2.75, 3.05) is 0 Å². The first-order valence-corrected chi connectivity index (χ1v) is 4.32. The summed E-state index contributed by atoms with van der Waals surface area (Å²) in [6, 6.07) is 3.42. The summed E-state index contributed by atoms with van der Waals surface area (Å²) >= 11 is 1.59. The molecule has 12 heavy (non-hydrogen) atoms. The zero-order valence-electron chi connectivity index (χ0n) is 6.37. The normalized spacial score (nSPS) is 10.5. The van der Waals surface area contributed by atoms with Crippen LogP contribution in [0.15, 0.2) is 17.5 Å². The van der Waals surface area contributed by atoms with Crippen LogP contribution in [0, 0.1) is 6.92 Å². The zero-order valence-corrected chi connectivity index (χ0v) is 7.19. The highest BCUT2D eigenvalue weighted by Crippen LogP contribution is 2.25. The van der Waals surface area contributed by atoms with Crippen LogP contribution in [0.5, 0.6) is 5.88 Å². The van der Waals surface area contributed by atoms with E-state index < -0.39 is 0 Å². The van der Waals surface area contributed by atoms with Gasteiger partial charge in [-0.1, -0.05) is 0 Å².